The molecule has 0 bridgehead atoms. The molecule has 8 nitrogen and oxygen atoms in total. The number of hydrogen-bond donors (Lipinski definition) is 0. The summed E-state index contributed by atoms with van der Waals surface area (Å²) in [7, 11) is 1.63. The van der Waals surface area contributed by atoms with Gasteiger partial charge in [0.2, 0.25) is 5.91 Å². The van der Waals surface area contributed by atoms with Gasteiger partial charge in [0, 0.05) is 37.3 Å². The molecule has 1 aliphatic rings. The highest BCUT2D eigenvalue weighted by molar-refractivity contribution is 6.30. The van der Waals surface area contributed by atoms with Gasteiger partial charge in [-0.1, -0.05) is 29.8 Å². The van der Waals surface area contributed by atoms with E-state index in [4.69, 9.17) is 16.3 Å². The van der Waals surface area contributed by atoms with Gasteiger partial charge in [-0.15, -0.1) is 0 Å². The van der Waals surface area contributed by atoms with Gasteiger partial charge in [0.05, 0.1) is 24.4 Å². The van der Waals surface area contributed by atoms with Crippen molar-refractivity contribution in [2.75, 3.05) is 38.2 Å². The van der Waals surface area contributed by atoms with Crippen LogP contribution in [0.3, 0.4) is 0 Å². The van der Waals surface area contributed by atoms with Crippen molar-refractivity contribution in [3.8, 4) is 11.4 Å². The maximum atomic E-state index is 12.7. The summed E-state index contributed by atoms with van der Waals surface area (Å²) in [5.74, 6) is 1.60. The average Bonchev–Trinajstić information content (AvgIpc) is 3.32. The number of hydrogen-bond acceptors (Lipinski definition) is 6. The topological polar surface area (TPSA) is 76.4 Å². The minimum absolute atomic E-state index is 0.00271. The first kappa shape index (κ1) is 21.9. The maximum Gasteiger partial charge on any atom is 0.246 e. The highest BCUT2D eigenvalue weighted by atomic mass is 35.5. The molecule has 0 N–H and O–H groups in total. The lowest BCUT2D eigenvalue weighted by Gasteiger charge is -2.35. The molecule has 9 heteroatoms. The molecular weight excluding hydrogens is 452 g/mol. The van der Waals surface area contributed by atoms with Crippen molar-refractivity contribution in [3.63, 3.8) is 0 Å². The average molecular weight is 475 g/mol. The van der Waals surface area contributed by atoms with Crippen molar-refractivity contribution < 1.29 is 9.53 Å². The second kappa shape index (κ2) is 9.52. The summed E-state index contributed by atoms with van der Waals surface area (Å²) in [6.45, 7) is 2.58. The fourth-order valence-corrected chi connectivity index (χ4v) is 4.19. The van der Waals surface area contributed by atoms with E-state index in [1.807, 2.05) is 59.5 Å². The minimum atomic E-state index is -0.00271. The zero-order valence-electron chi connectivity index (χ0n) is 18.6. The lowest BCUT2D eigenvalue weighted by atomic mass is 10.2. The molecule has 1 aliphatic heterocycles. The van der Waals surface area contributed by atoms with E-state index in [1.54, 1.807) is 30.4 Å². The van der Waals surface area contributed by atoms with Crippen molar-refractivity contribution in [3.05, 3.63) is 77.7 Å². The molecular formula is C25H23ClN6O2. The van der Waals surface area contributed by atoms with E-state index in [0.717, 1.165) is 28.2 Å². The normalized spacial score (nSPS) is 14.2. The molecule has 2 aromatic carbocycles. The standard InChI is InChI=1S/C25H23ClN6O2/c1-34-21-8-5-18(6-9-21)7-10-23(33)30-11-13-31(14-12-30)24-22-16-29-32(25(22)28-17-27-24)20-4-2-3-19(26)15-20/h2-10,15-17H,11-14H2,1H3/b10-7+. The Morgan fingerprint density at radius 2 is 1.85 bits per heavy atom. The van der Waals surface area contributed by atoms with Gasteiger partial charge in [0.1, 0.15) is 17.9 Å². The Hall–Kier alpha value is -3.91. The number of amides is 1. The Labute approximate surface area is 202 Å². The molecule has 1 saturated heterocycles. The van der Waals surface area contributed by atoms with Crippen LogP contribution >= 0.6 is 11.6 Å². The molecule has 5 rings (SSSR count). The first-order chi connectivity index (χ1) is 16.6. The molecule has 4 aromatic rings. The number of piperazine rings is 1. The van der Waals surface area contributed by atoms with Crippen LogP contribution in [0.5, 0.6) is 5.75 Å². The third-order valence-electron chi connectivity index (χ3n) is 5.82. The van der Waals surface area contributed by atoms with E-state index in [9.17, 15) is 4.79 Å². The van der Waals surface area contributed by atoms with Crippen LogP contribution in [0, 0.1) is 0 Å². The molecule has 34 heavy (non-hydrogen) atoms. The van der Waals surface area contributed by atoms with Crippen LogP contribution in [-0.4, -0.2) is 63.8 Å². The van der Waals surface area contributed by atoms with Crippen LogP contribution in [0.1, 0.15) is 5.56 Å². The predicted molar refractivity (Wildman–Crippen MR) is 132 cm³/mol. The smallest absolute Gasteiger partial charge is 0.246 e. The summed E-state index contributed by atoms with van der Waals surface area (Å²) in [5, 5.41) is 6.02. The monoisotopic (exact) mass is 474 g/mol. The van der Waals surface area contributed by atoms with E-state index >= 15 is 0 Å². The third-order valence-corrected chi connectivity index (χ3v) is 6.06. The van der Waals surface area contributed by atoms with Gasteiger partial charge in [-0.25, -0.2) is 14.6 Å². The molecule has 0 radical (unpaired) electrons. The summed E-state index contributed by atoms with van der Waals surface area (Å²) >= 11 is 6.15. The molecule has 3 heterocycles. The lowest BCUT2D eigenvalue weighted by molar-refractivity contribution is -0.126. The fraction of sp³-hybridized carbons (Fsp3) is 0.200. The van der Waals surface area contributed by atoms with E-state index in [0.29, 0.717) is 36.8 Å². The summed E-state index contributed by atoms with van der Waals surface area (Å²) in [5.41, 5.74) is 2.51. The first-order valence-electron chi connectivity index (χ1n) is 10.9. The number of carbonyl (C=O) groups is 1. The van der Waals surface area contributed by atoms with E-state index in [-0.39, 0.29) is 5.91 Å². The number of aromatic nitrogens is 4. The SMILES string of the molecule is COc1ccc(/C=C/C(=O)N2CCN(c3ncnc4c3cnn4-c3cccc(Cl)c3)CC2)cc1. The Bertz CT molecular complexity index is 1340. The number of nitrogens with zero attached hydrogens (tertiary/aromatic N) is 6. The van der Waals surface area contributed by atoms with Gasteiger partial charge >= 0.3 is 0 Å². The van der Waals surface area contributed by atoms with Crippen LogP contribution in [0.4, 0.5) is 5.82 Å². The van der Waals surface area contributed by atoms with Crippen LogP contribution in [0.15, 0.2) is 67.1 Å². The number of benzene rings is 2. The van der Waals surface area contributed by atoms with Crippen LogP contribution < -0.4 is 9.64 Å². The summed E-state index contributed by atoms with van der Waals surface area (Å²) in [6.07, 6.45) is 6.78. The van der Waals surface area contributed by atoms with Crippen molar-refractivity contribution in [2.45, 2.75) is 0 Å². The first-order valence-corrected chi connectivity index (χ1v) is 11.3. The Morgan fingerprint density at radius 3 is 2.59 bits per heavy atom. The largest absolute Gasteiger partial charge is 0.497 e. The van der Waals surface area contributed by atoms with Crippen molar-refractivity contribution in [1.29, 1.82) is 0 Å². The molecule has 1 amide bonds. The van der Waals surface area contributed by atoms with Crippen molar-refractivity contribution >= 4 is 40.4 Å². The molecule has 0 atom stereocenters. The van der Waals surface area contributed by atoms with Gasteiger partial charge in [0.15, 0.2) is 5.65 Å². The zero-order chi connectivity index (χ0) is 23.5. The summed E-state index contributed by atoms with van der Waals surface area (Å²) in [4.78, 5) is 25.7. The van der Waals surface area contributed by atoms with E-state index in [1.165, 1.54) is 0 Å². The molecule has 1 fully saturated rings. The van der Waals surface area contributed by atoms with Gasteiger partial charge in [-0.2, -0.15) is 5.10 Å². The minimum Gasteiger partial charge on any atom is -0.497 e. The highest BCUT2D eigenvalue weighted by Crippen LogP contribution is 2.26. The molecule has 0 aliphatic carbocycles. The van der Waals surface area contributed by atoms with Crippen LogP contribution in [0.2, 0.25) is 5.02 Å². The van der Waals surface area contributed by atoms with Gasteiger partial charge < -0.3 is 14.5 Å². The Morgan fingerprint density at radius 1 is 1.06 bits per heavy atom. The molecule has 0 unspecified atom stereocenters. The third kappa shape index (κ3) is 4.45. The van der Waals surface area contributed by atoms with E-state index < -0.39 is 0 Å². The molecule has 0 spiro atoms. The Kier molecular flexibility index (Phi) is 6.14. The predicted octanol–water partition coefficient (Wildman–Crippen LogP) is 3.84. The number of fused-ring (bicyclic) bond motifs is 1. The number of anilines is 1. The highest BCUT2D eigenvalue weighted by Gasteiger charge is 2.23. The second-order valence-corrected chi connectivity index (χ2v) is 8.33. The zero-order valence-corrected chi connectivity index (χ0v) is 19.4. The number of methoxy groups -OCH3 is 1. The van der Waals surface area contributed by atoms with Gasteiger partial charge in [-0.3, -0.25) is 4.79 Å². The van der Waals surface area contributed by atoms with Gasteiger partial charge in [0.25, 0.3) is 0 Å². The number of halogens is 1. The fourth-order valence-electron chi connectivity index (χ4n) is 4.01. The molecule has 2 aromatic heterocycles. The lowest BCUT2D eigenvalue weighted by Crippen LogP contribution is -2.48. The second-order valence-electron chi connectivity index (χ2n) is 7.89. The van der Waals surface area contributed by atoms with E-state index in [2.05, 4.69) is 20.0 Å². The quantitative estimate of drug-likeness (QED) is 0.409. The maximum absolute atomic E-state index is 12.7. The van der Waals surface area contributed by atoms with Crippen LogP contribution in [-0.2, 0) is 4.79 Å². The summed E-state index contributed by atoms with van der Waals surface area (Å²) < 4.78 is 6.93. The van der Waals surface area contributed by atoms with Crippen molar-refractivity contribution in [2.24, 2.45) is 0 Å². The molecule has 0 saturated carbocycles. The number of ether oxygens (including phenoxy) is 1. The van der Waals surface area contributed by atoms with Crippen LogP contribution in [0.25, 0.3) is 22.8 Å². The summed E-state index contributed by atoms with van der Waals surface area (Å²) in [6, 6.07) is 15.1. The number of rotatable bonds is 5. The molecule has 172 valence electrons. The number of carbonyl (C=O) groups excluding carboxylic acids is 1. The Balaban J connectivity index is 1.27. The van der Waals surface area contributed by atoms with Crippen molar-refractivity contribution in [1.82, 2.24) is 24.6 Å². The van der Waals surface area contributed by atoms with Gasteiger partial charge in [-0.05, 0) is 42.0 Å².